The van der Waals surface area contributed by atoms with Crippen LogP contribution in [0.3, 0.4) is 0 Å². The number of carboxylic acid groups (broad SMARTS) is 1. The first kappa shape index (κ1) is 15.1. The van der Waals surface area contributed by atoms with E-state index in [-0.39, 0.29) is 18.5 Å². The summed E-state index contributed by atoms with van der Waals surface area (Å²) in [5.41, 5.74) is 0. The summed E-state index contributed by atoms with van der Waals surface area (Å²) < 4.78 is 0. The van der Waals surface area contributed by atoms with Crippen molar-refractivity contribution in [2.45, 2.75) is 45.2 Å². The summed E-state index contributed by atoms with van der Waals surface area (Å²) in [6.07, 6.45) is 2.08. The molecule has 20 heavy (non-hydrogen) atoms. The van der Waals surface area contributed by atoms with Crippen LogP contribution in [0.15, 0.2) is 0 Å². The van der Waals surface area contributed by atoms with Crippen LogP contribution in [0.5, 0.6) is 0 Å². The first-order valence-electron chi connectivity index (χ1n) is 7.52. The Labute approximate surface area is 120 Å². The maximum Gasteiger partial charge on any atom is 0.317 e. The van der Waals surface area contributed by atoms with Crippen LogP contribution in [0.2, 0.25) is 0 Å². The zero-order valence-corrected chi connectivity index (χ0v) is 12.3. The van der Waals surface area contributed by atoms with Gasteiger partial charge < -0.3 is 15.3 Å². The number of nitrogens with zero attached hydrogens (tertiary/aromatic N) is 2. The Morgan fingerprint density at radius 1 is 1.35 bits per heavy atom. The quantitative estimate of drug-likeness (QED) is 0.789. The lowest BCUT2D eigenvalue weighted by Crippen LogP contribution is -2.57. The number of hydrogen-bond acceptors (Lipinski definition) is 3. The minimum atomic E-state index is -0.841. The van der Waals surface area contributed by atoms with Gasteiger partial charge in [-0.25, -0.2) is 4.79 Å². The molecule has 2 unspecified atom stereocenters. The largest absolute Gasteiger partial charge is 0.481 e. The third-order valence-electron chi connectivity index (χ3n) is 4.35. The van der Waals surface area contributed by atoms with Gasteiger partial charge in [-0.05, 0) is 32.2 Å². The number of nitrogens with one attached hydrogen (secondary N) is 1. The lowest BCUT2D eigenvalue weighted by molar-refractivity contribution is -0.137. The molecule has 0 aromatic heterocycles. The van der Waals surface area contributed by atoms with E-state index < -0.39 is 5.97 Å². The van der Waals surface area contributed by atoms with E-state index in [0.29, 0.717) is 25.0 Å². The molecule has 6 nitrogen and oxygen atoms in total. The zero-order valence-electron chi connectivity index (χ0n) is 12.3. The Bertz CT molecular complexity index is 371. The summed E-state index contributed by atoms with van der Waals surface area (Å²) in [5.74, 6) is -0.490. The van der Waals surface area contributed by atoms with Gasteiger partial charge in [-0.3, -0.25) is 9.69 Å². The number of hydrogen-bond donors (Lipinski definition) is 2. The van der Waals surface area contributed by atoms with Gasteiger partial charge in [0.15, 0.2) is 0 Å². The molecule has 1 aliphatic carbocycles. The molecular weight excluding hydrogens is 258 g/mol. The lowest BCUT2D eigenvalue weighted by atomic mass is 10.1. The number of carbonyl (C=O) groups excluding carboxylic acids is 1. The van der Waals surface area contributed by atoms with Gasteiger partial charge in [0.05, 0.1) is 6.42 Å². The van der Waals surface area contributed by atoms with Crippen molar-refractivity contribution in [1.29, 1.82) is 0 Å². The molecule has 1 aliphatic heterocycles. The molecule has 0 radical (unpaired) electrons. The number of carboxylic acids is 1. The predicted molar refractivity (Wildman–Crippen MR) is 75.6 cm³/mol. The first-order chi connectivity index (χ1) is 9.51. The van der Waals surface area contributed by atoms with Crippen molar-refractivity contribution in [1.82, 2.24) is 15.1 Å². The molecule has 1 heterocycles. The van der Waals surface area contributed by atoms with Gasteiger partial charge in [-0.15, -0.1) is 0 Å². The van der Waals surface area contributed by atoms with Gasteiger partial charge in [0.2, 0.25) is 0 Å². The van der Waals surface area contributed by atoms with E-state index in [9.17, 15) is 9.59 Å². The maximum atomic E-state index is 12.3. The zero-order chi connectivity index (χ0) is 14.7. The Morgan fingerprint density at radius 3 is 2.55 bits per heavy atom. The van der Waals surface area contributed by atoms with Crippen molar-refractivity contribution in [2.24, 2.45) is 5.92 Å². The first-order valence-corrected chi connectivity index (χ1v) is 7.52. The molecule has 0 aromatic carbocycles. The minimum Gasteiger partial charge on any atom is -0.481 e. The highest BCUT2D eigenvalue weighted by Crippen LogP contribution is 2.34. The fourth-order valence-corrected chi connectivity index (χ4v) is 2.92. The third-order valence-corrected chi connectivity index (χ3v) is 4.35. The average Bonchev–Trinajstić information content (AvgIpc) is 3.21. The Kier molecular flexibility index (Phi) is 4.86. The maximum absolute atomic E-state index is 12.3. The summed E-state index contributed by atoms with van der Waals surface area (Å²) in [6.45, 7) is 7.57. The normalized spacial score (nSPS) is 25.3. The summed E-state index contributed by atoms with van der Waals surface area (Å²) >= 11 is 0. The summed E-state index contributed by atoms with van der Waals surface area (Å²) in [6, 6.07) is 0.0450. The van der Waals surface area contributed by atoms with Crippen LogP contribution in [0.25, 0.3) is 0 Å². The highest BCUT2D eigenvalue weighted by atomic mass is 16.4. The topological polar surface area (TPSA) is 72.9 Å². The van der Waals surface area contributed by atoms with Crippen LogP contribution < -0.4 is 5.32 Å². The Morgan fingerprint density at radius 2 is 2.05 bits per heavy atom. The van der Waals surface area contributed by atoms with E-state index in [4.69, 9.17) is 5.11 Å². The molecule has 2 atom stereocenters. The van der Waals surface area contributed by atoms with E-state index in [1.165, 1.54) is 0 Å². The molecular formula is C14H25N3O3. The van der Waals surface area contributed by atoms with E-state index in [1.807, 2.05) is 4.90 Å². The molecule has 6 heteroatoms. The summed E-state index contributed by atoms with van der Waals surface area (Å²) in [4.78, 5) is 27.3. The van der Waals surface area contributed by atoms with Crippen LogP contribution in [0.4, 0.5) is 4.79 Å². The van der Waals surface area contributed by atoms with Crippen LogP contribution in [0, 0.1) is 5.92 Å². The van der Waals surface area contributed by atoms with Crippen LogP contribution >= 0.6 is 0 Å². The predicted octanol–water partition coefficient (Wildman–Crippen LogP) is 0.975. The van der Waals surface area contributed by atoms with Crippen molar-refractivity contribution < 1.29 is 14.7 Å². The number of rotatable bonds is 5. The standard InChI is InChI=1S/C14H25N3O3/c1-3-16-6-7-17(9-10(16)2)14(20)15-12(8-13(18)19)11-4-5-11/h10-12H,3-9H2,1-2H3,(H,15,20)(H,18,19). The highest BCUT2D eigenvalue weighted by Gasteiger charge is 2.35. The number of likely N-dealkylation sites (N-methyl/N-ethyl adjacent to an activating group) is 1. The SMILES string of the molecule is CCN1CCN(C(=O)NC(CC(=O)O)C2CC2)CC1C. The number of piperazine rings is 1. The molecule has 2 N–H and O–H groups in total. The third kappa shape index (κ3) is 3.85. The number of carbonyl (C=O) groups is 2. The second kappa shape index (κ2) is 6.43. The van der Waals surface area contributed by atoms with Crippen molar-refractivity contribution in [2.75, 3.05) is 26.2 Å². The van der Waals surface area contributed by atoms with Crippen LogP contribution in [-0.2, 0) is 4.79 Å². The van der Waals surface area contributed by atoms with Crippen LogP contribution in [0.1, 0.15) is 33.1 Å². The second-order valence-electron chi connectivity index (χ2n) is 5.91. The molecule has 2 fully saturated rings. The molecule has 2 rings (SSSR count). The average molecular weight is 283 g/mol. The molecule has 0 aromatic rings. The second-order valence-corrected chi connectivity index (χ2v) is 5.91. The molecule has 1 saturated carbocycles. The summed E-state index contributed by atoms with van der Waals surface area (Å²) in [7, 11) is 0. The summed E-state index contributed by atoms with van der Waals surface area (Å²) in [5, 5.41) is 11.8. The van der Waals surface area contributed by atoms with E-state index in [0.717, 1.165) is 25.9 Å². The Balaban J connectivity index is 1.86. The van der Waals surface area contributed by atoms with Crippen molar-refractivity contribution >= 4 is 12.0 Å². The fraction of sp³-hybridized carbons (Fsp3) is 0.857. The van der Waals surface area contributed by atoms with Crippen molar-refractivity contribution in [3.8, 4) is 0 Å². The Hall–Kier alpha value is -1.30. The van der Waals surface area contributed by atoms with Gasteiger partial charge in [-0.2, -0.15) is 0 Å². The molecule has 1 saturated heterocycles. The van der Waals surface area contributed by atoms with Gasteiger partial charge in [0.25, 0.3) is 0 Å². The van der Waals surface area contributed by atoms with Crippen LogP contribution in [-0.4, -0.2) is 65.2 Å². The van der Waals surface area contributed by atoms with Gasteiger partial charge in [0.1, 0.15) is 0 Å². The highest BCUT2D eigenvalue weighted by molar-refractivity contribution is 5.76. The monoisotopic (exact) mass is 283 g/mol. The number of urea groups is 1. The van der Waals surface area contributed by atoms with Crippen molar-refractivity contribution in [3.63, 3.8) is 0 Å². The molecule has 2 aliphatic rings. The smallest absolute Gasteiger partial charge is 0.317 e. The molecule has 0 spiro atoms. The van der Waals surface area contributed by atoms with E-state index in [2.05, 4.69) is 24.1 Å². The van der Waals surface area contributed by atoms with Crippen molar-refractivity contribution in [3.05, 3.63) is 0 Å². The number of amides is 2. The molecule has 114 valence electrons. The van der Waals surface area contributed by atoms with Gasteiger partial charge in [0, 0.05) is 31.7 Å². The molecule has 0 bridgehead atoms. The van der Waals surface area contributed by atoms with E-state index >= 15 is 0 Å². The minimum absolute atomic E-state index is 0.0287. The number of aliphatic carboxylic acids is 1. The van der Waals surface area contributed by atoms with Gasteiger partial charge >= 0.3 is 12.0 Å². The lowest BCUT2D eigenvalue weighted by Gasteiger charge is -2.39. The van der Waals surface area contributed by atoms with E-state index in [1.54, 1.807) is 0 Å². The fourth-order valence-electron chi connectivity index (χ4n) is 2.92. The van der Waals surface area contributed by atoms with Gasteiger partial charge in [-0.1, -0.05) is 6.92 Å². The molecule has 2 amide bonds.